The van der Waals surface area contributed by atoms with Gasteiger partial charge in [0.25, 0.3) is 0 Å². The van der Waals surface area contributed by atoms with Crippen molar-refractivity contribution in [3.8, 4) is 11.5 Å². The number of aliphatic hydroxyl groups is 1. The zero-order valence-corrected chi connectivity index (χ0v) is 14.8. The Bertz CT molecular complexity index is 674. The maximum Gasteiger partial charge on any atom is 0.161 e. The largest absolute Gasteiger partial charge is 0.504 e. The van der Waals surface area contributed by atoms with Crippen molar-refractivity contribution in [2.24, 2.45) is 5.92 Å². The van der Waals surface area contributed by atoms with Crippen LogP contribution in [0, 0.1) is 5.92 Å². The van der Waals surface area contributed by atoms with Crippen LogP contribution >= 0.6 is 0 Å². The van der Waals surface area contributed by atoms with Gasteiger partial charge in [-0.1, -0.05) is 36.4 Å². The summed E-state index contributed by atoms with van der Waals surface area (Å²) in [5.41, 5.74) is 2.40. The van der Waals surface area contributed by atoms with Gasteiger partial charge >= 0.3 is 0 Å². The molecule has 2 unspecified atom stereocenters. The molecule has 25 heavy (non-hydrogen) atoms. The van der Waals surface area contributed by atoms with Gasteiger partial charge in [0.2, 0.25) is 0 Å². The van der Waals surface area contributed by atoms with E-state index in [0.717, 1.165) is 38.0 Å². The molecule has 2 N–H and O–H groups in total. The number of likely N-dealkylation sites (tertiary alicyclic amines) is 1. The Labute approximate surface area is 149 Å². The minimum absolute atomic E-state index is 0.167. The lowest BCUT2D eigenvalue weighted by molar-refractivity contribution is 0.0239. The summed E-state index contributed by atoms with van der Waals surface area (Å²) >= 11 is 0. The molecule has 0 amide bonds. The molecule has 4 heteroatoms. The fourth-order valence-electron chi connectivity index (χ4n) is 3.54. The second kappa shape index (κ2) is 8.37. The van der Waals surface area contributed by atoms with Crippen molar-refractivity contribution in [3.63, 3.8) is 0 Å². The number of rotatable bonds is 6. The second-order valence-corrected chi connectivity index (χ2v) is 6.78. The van der Waals surface area contributed by atoms with E-state index in [0.29, 0.717) is 12.4 Å². The first-order valence-electron chi connectivity index (χ1n) is 9.04. The molecule has 1 heterocycles. The second-order valence-electron chi connectivity index (χ2n) is 6.78. The van der Waals surface area contributed by atoms with E-state index in [1.165, 1.54) is 5.56 Å². The molecule has 0 saturated carbocycles. The number of phenolic OH excluding ortho intramolecular Hbond substituents is 1. The van der Waals surface area contributed by atoms with Crippen molar-refractivity contribution in [3.05, 3.63) is 59.7 Å². The zero-order valence-electron chi connectivity index (χ0n) is 14.8. The monoisotopic (exact) mass is 341 g/mol. The van der Waals surface area contributed by atoms with Crippen molar-refractivity contribution >= 4 is 0 Å². The fourth-order valence-corrected chi connectivity index (χ4v) is 3.54. The highest BCUT2D eigenvalue weighted by atomic mass is 16.5. The fraction of sp³-hybridized carbons (Fsp3) is 0.429. The van der Waals surface area contributed by atoms with E-state index in [4.69, 9.17) is 4.74 Å². The van der Waals surface area contributed by atoms with E-state index in [9.17, 15) is 10.2 Å². The normalized spacial score (nSPS) is 21.2. The van der Waals surface area contributed by atoms with Crippen LogP contribution < -0.4 is 4.74 Å². The lowest BCUT2D eigenvalue weighted by Gasteiger charge is -2.36. The Morgan fingerprint density at radius 1 is 1.12 bits per heavy atom. The molecule has 0 bridgehead atoms. The van der Waals surface area contributed by atoms with E-state index in [2.05, 4.69) is 29.2 Å². The molecular formula is C21H27NO3. The molecule has 0 radical (unpaired) electrons. The number of phenols is 1. The van der Waals surface area contributed by atoms with Gasteiger partial charge in [-0.05, 0) is 43.0 Å². The molecule has 1 fully saturated rings. The standard InChI is InChI=1S/C21H27NO3/c1-2-25-21-13-17(8-9-20(21)24)12-18-15-22(11-10-19(18)23)14-16-6-4-3-5-7-16/h3-9,13,18-19,23-24H,2,10-12,14-15H2,1H3. The van der Waals surface area contributed by atoms with Crippen LogP contribution in [0.15, 0.2) is 48.5 Å². The molecule has 1 aliphatic rings. The Morgan fingerprint density at radius 3 is 2.68 bits per heavy atom. The maximum absolute atomic E-state index is 10.4. The third kappa shape index (κ3) is 4.74. The van der Waals surface area contributed by atoms with Crippen LogP contribution in [0.2, 0.25) is 0 Å². The molecule has 0 aliphatic carbocycles. The summed E-state index contributed by atoms with van der Waals surface area (Å²) < 4.78 is 5.47. The van der Waals surface area contributed by atoms with E-state index < -0.39 is 0 Å². The number of nitrogens with zero attached hydrogens (tertiary/aromatic N) is 1. The highest BCUT2D eigenvalue weighted by Gasteiger charge is 2.28. The van der Waals surface area contributed by atoms with Gasteiger partial charge < -0.3 is 14.9 Å². The van der Waals surface area contributed by atoms with Gasteiger partial charge in [0.1, 0.15) is 0 Å². The van der Waals surface area contributed by atoms with E-state index in [1.807, 2.05) is 25.1 Å². The minimum atomic E-state index is -0.281. The first kappa shape index (κ1) is 17.8. The number of aliphatic hydroxyl groups excluding tert-OH is 1. The van der Waals surface area contributed by atoms with Crippen LogP contribution in [0.5, 0.6) is 11.5 Å². The van der Waals surface area contributed by atoms with Gasteiger partial charge in [-0.2, -0.15) is 0 Å². The van der Waals surface area contributed by atoms with Crippen molar-refractivity contribution in [2.45, 2.75) is 32.4 Å². The van der Waals surface area contributed by atoms with Crippen LogP contribution in [0.25, 0.3) is 0 Å². The summed E-state index contributed by atoms with van der Waals surface area (Å²) in [4.78, 5) is 2.41. The Morgan fingerprint density at radius 2 is 1.92 bits per heavy atom. The van der Waals surface area contributed by atoms with Crippen LogP contribution in [0.1, 0.15) is 24.5 Å². The quantitative estimate of drug-likeness (QED) is 0.847. The molecule has 1 saturated heterocycles. The van der Waals surface area contributed by atoms with Crippen molar-refractivity contribution in [1.29, 1.82) is 0 Å². The van der Waals surface area contributed by atoms with Gasteiger partial charge in [0.05, 0.1) is 12.7 Å². The van der Waals surface area contributed by atoms with E-state index >= 15 is 0 Å². The molecule has 134 valence electrons. The van der Waals surface area contributed by atoms with Gasteiger partial charge in [-0.15, -0.1) is 0 Å². The van der Waals surface area contributed by atoms with Crippen LogP contribution in [0.4, 0.5) is 0 Å². The molecule has 2 aromatic rings. The number of hydrogen-bond acceptors (Lipinski definition) is 4. The molecule has 1 aliphatic heterocycles. The smallest absolute Gasteiger partial charge is 0.161 e. The molecule has 4 nitrogen and oxygen atoms in total. The number of ether oxygens (including phenoxy) is 1. The first-order valence-corrected chi connectivity index (χ1v) is 9.04. The predicted molar refractivity (Wildman–Crippen MR) is 98.8 cm³/mol. The van der Waals surface area contributed by atoms with Gasteiger partial charge in [-0.25, -0.2) is 0 Å². The topological polar surface area (TPSA) is 52.9 Å². The Kier molecular flexibility index (Phi) is 5.95. The summed E-state index contributed by atoms with van der Waals surface area (Å²) in [6, 6.07) is 15.9. The van der Waals surface area contributed by atoms with Gasteiger partial charge in [0, 0.05) is 25.6 Å². The molecule has 0 spiro atoms. The lowest BCUT2D eigenvalue weighted by atomic mass is 9.88. The number of aromatic hydroxyl groups is 1. The molecule has 2 aromatic carbocycles. The first-order chi connectivity index (χ1) is 12.2. The van der Waals surface area contributed by atoms with E-state index in [1.54, 1.807) is 6.07 Å². The maximum atomic E-state index is 10.4. The summed E-state index contributed by atoms with van der Waals surface area (Å²) in [6.07, 6.45) is 1.30. The summed E-state index contributed by atoms with van der Waals surface area (Å²) in [6.45, 7) is 5.14. The van der Waals surface area contributed by atoms with Crippen molar-refractivity contribution < 1.29 is 14.9 Å². The number of piperidine rings is 1. The van der Waals surface area contributed by atoms with Crippen LogP contribution in [-0.2, 0) is 13.0 Å². The third-order valence-corrected chi connectivity index (χ3v) is 4.85. The highest BCUT2D eigenvalue weighted by Crippen LogP contribution is 2.29. The van der Waals surface area contributed by atoms with Crippen molar-refractivity contribution in [1.82, 2.24) is 4.90 Å². The predicted octanol–water partition coefficient (Wildman–Crippen LogP) is 3.22. The summed E-state index contributed by atoms with van der Waals surface area (Å²) in [7, 11) is 0. The SMILES string of the molecule is CCOc1cc(CC2CN(Cc3ccccc3)CCC2O)ccc1O. The third-order valence-electron chi connectivity index (χ3n) is 4.85. The molecule has 2 atom stereocenters. The summed E-state index contributed by atoms with van der Waals surface area (Å²) in [5, 5.41) is 20.3. The average molecular weight is 341 g/mol. The van der Waals surface area contributed by atoms with E-state index in [-0.39, 0.29) is 17.8 Å². The Hall–Kier alpha value is -2.04. The number of benzene rings is 2. The summed E-state index contributed by atoms with van der Waals surface area (Å²) in [5.74, 6) is 0.878. The van der Waals surface area contributed by atoms with Crippen molar-refractivity contribution in [2.75, 3.05) is 19.7 Å². The highest BCUT2D eigenvalue weighted by molar-refractivity contribution is 5.42. The minimum Gasteiger partial charge on any atom is -0.504 e. The lowest BCUT2D eigenvalue weighted by Crippen LogP contribution is -2.43. The molecule has 0 aromatic heterocycles. The zero-order chi connectivity index (χ0) is 17.6. The van der Waals surface area contributed by atoms with Gasteiger partial charge in [-0.3, -0.25) is 4.90 Å². The number of hydrogen-bond donors (Lipinski definition) is 2. The molecule has 3 rings (SSSR count). The van der Waals surface area contributed by atoms with Crippen LogP contribution in [0.3, 0.4) is 0 Å². The average Bonchev–Trinajstić information content (AvgIpc) is 2.62. The van der Waals surface area contributed by atoms with Gasteiger partial charge in [0.15, 0.2) is 11.5 Å². The Balaban J connectivity index is 1.65. The molecular weight excluding hydrogens is 314 g/mol. The van der Waals surface area contributed by atoms with Crippen LogP contribution in [-0.4, -0.2) is 40.9 Å².